The SMILES string of the molecule is COc1ccc(N)c(NC(=O)CCCCCNC(C)=O)c1. The zero-order chi connectivity index (χ0) is 15.7. The van der Waals surface area contributed by atoms with Crippen molar-refractivity contribution in [3.63, 3.8) is 0 Å². The second-order valence-corrected chi connectivity index (χ2v) is 4.79. The summed E-state index contributed by atoms with van der Waals surface area (Å²) in [6.07, 6.45) is 2.96. The van der Waals surface area contributed by atoms with Gasteiger partial charge in [0, 0.05) is 26.0 Å². The van der Waals surface area contributed by atoms with Crippen molar-refractivity contribution in [3.05, 3.63) is 18.2 Å². The molecule has 6 heteroatoms. The van der Waals surface area contributed by atoms with E-state index in [1.165, 1.54) is 6.92 Å². The Morgan fingerprint density at radius 3 is 2.67 bits per heavy atom. The lowest BCUT2D eigenvalue weighted by molar-refractivity contribution is -0.119. The lowest BCUT2D eigenvalue weighted by atomic mass is 10.1. The Labute approximate surface area is 125 Å². The number of nitrogens with one attached hydrogen (secondary N) is 2. The number of rotatable bonds is 8. The average Bonchev–Trinajstić information content (AvgIpc) is 2.44. The van der Waals surface area contributed by atoms with Gasteiger partial charge in [-0.1, -0.05) is 6.42 Å². The number of hydrogen-bond donors (Lipinski definition) is 3. The van der Waals surface area contributed by atoms with E-state index >= 15 is 0 Å². The van der Waals surface area contributed by atoms with Gasteiger partial charge in [0.25, 0.3) is 0 Å². The molecule has 4 N–H and O–H groups in total. The molecule has 0 unspecified atom stereocenters. The second kappa shape index (κ2) is 8.84. The molecule has 21 heavy (non-hydrogen) atoms. The summed E-state index contributed by atoms with van der Waals surface area (Å²) in [5.41, 5.74) is 6.88. The number of carbonyl (C=O) groups is 2. The normalized spacial score (nSPS) is 10.0. The molecule has 6 nitrogen and oxygen atoms in total. The number of nitrogens with two attached hydrogens (primary N) is 1. The highest BCUT2D eigenvalue weighted by Crippen LogP contribution is 2.24. The number of ether oxygens (including phenoxy) is 1. The van der Waals surface area contributed by atoms with Crippen LogP contribution in [0.15, 0.2) is 18.2 Å². The first kappa shape index (κ1) is 16.8. The number of hydrogen-bond acceptors (Lipinski definition) is 4. The van der Waals surface area contributed by atoms with Crippen molar-refractivity contribution in [2.24, 2.45) is 0 Å². The molecular weight excluding hydrogens is 270 g/mol. The summed E-state index contributed by atoms with van der Waals surface area (Å²) in [6, 6.07) is 5.14. The second-order valence-electron chi connectivity index (χ2n) is 4.79. The van der Waals surface area contributed by atoms with Crippen molar-refractivity contribution in [1.82, 2.24) is 5.32 Å². The molecule has 0 fully saturated rings. The summed E-state index contributed by atoms with van der Waals surface area (Å²) in [4.78, 5) is 22.5. The Bertz CT molecular complexity index is 489. The van der Waals surface area contributed by atoms with Gasteiger partial charge in [0.05, 0.1) is 18.5 Å². The molecule has 0 aliphatic carbocycles. The molecule has 0 aromatic heterocycles. The Hall–Kier alpha value is -2.24. The van der Waals surface area contributed by atoms with Gasteiger partial charge in [0.15, 0.2) is 0 Å². The first-order valence-corrected chi connectivity index (χ1v) is 7.00. The van der Waals surface area contributed by atoms with E-state index < -0.39 is 0 Å². The van der Waals surface area contributed by atoms with Crippen molar-refractivity contribution in [1.29, 1.82) is 0 Å². The molecule has 116 valence electrons. The number of nitrogen functional groups attached to an aromatic ring is 1. The highest BCUT2D eigenvalue weighted by atomic mass is 16.5. The fourth-order valence-corrected chi connectivity index (χ4v) is 1.84. The van der Waals surface area contributed by atoms with E-state index in [1.54, 1.807) is 25.3 Å². The van der Waals surface area contributed by atoms with E-state index in [1.807, 2.05) is 0 Å². The van der Waals surface area contributed by atoms with Gasteiger partial charge in [0.1, 0.15) is 5.75 Å². The molecule has 2 amide bonds. The van der Waals surface area contributed by atoms with Gasteiger partial charge in [-0.3, -0.25) is 9.59 Å². The van der Waals surface area contributed by atoms with Crippen molar-refractivity contribution in [2.75, 3.05) is 24.7 Å². The van der Waals surface area contributed by atoms with Gasteiger partial charge >= 0.3 is 0 Å². The van der Waals surface area contributed by atoms with Crippen LogP contribution in [0.4, 0.5) is 11.4 Å². The van der Waals surface area contributed by atoms with E-state index in [2.05, 4.69) is 10.6 Å². The van der Waals surface area contributed by atoms with Crippen LogP contribution >= 0.6 is 0 Å². The third kappa shape index (κ3) is 6.65. The first-order valence-electron chi connectivity index (χ1n) is 7.00. The number of carbonyl (C=O) groups excluding carboxylic acids is 2. The molecule has 0 atom stereocenters. The van der Waals surface area contributed by atoms with Gasteiger partial charge in [-0.05, 0) is 25.0 Å². The van der Waals surface area contributed by atoms with E-state index in [-0.39, 0.29) is 11.8 Å². The monoisotopic (exact) mass is 293 g/mol. The standard InChI is InChI=1S/C15H23N3O3/c1-11(19)17-9-5-3-4-6-15(20)18-14-10-12(21-2)7-8-13(14)16/h7-8,10H,3-6,9,16H2,1-2H3,(H,17,19)(H,18,20). The molecule has 0 saturated carbocycles. The first-order chi connectivity index (χ1) is 10.0. The zero-order valence-electron chi connectivity index (χ0n) is 12.6. The minimum atomic E-state index is -0.0746. The molecule has 0 saturated heterocycles. The van der Waals surface area contributed by atoms with Gasteiger partial charge in [-0.25, -0.2) is 0 Å². The number of unbranched alkanes of at least 4 members (excludes halogenated alkanes) is 2. The Morgan fingerprint density at radius 1 is 1.24 bits per heavy atom. The van der Waals surface area contributed by atoms with Gasteiger partial charge in [-0.15, -0.1) is 0 Å². The van der Waals surface area contributed by atoms with E-state index in [9.17, 15) is 9.59 Å². The maximum absolute atomic E-state index is 11.8. The number of amides is 2. The largest absolute Gasteiger partial charge is 0.497 e. The van der Waals surface area contributed by atoms with Crippen LogP contribution in [0.1, 0.15) is 32.6 Å². The lowest BCUT2D eigenvalue weighted by Gasteiger charge is -2.10. The predicted octanol–water partition coefficient (Wildman–Crippen LogP) is 1.91. The van der Waals surface area contributed by atoms with Crippen LogP contribution in [0.3, 0.4) is 0 Å². The van der Waals surface area contributed by atoms with Gasteiger partial charge < -0.3 is 21.1 Å². The van der Waals surface area contributed by atoms with Crippen LogP contribution in [-0.2, 0) is 9.59 Å². The van der Waals surface area contributed by atoms with Crippen LogP contribution in [0, 0.1) is 0 Å². The fraction of sp³-hybridized carbons (Fsp3) is 0.467. The molecule has 0 spiro atoms. The van der Waals surface area contributed by atoms with E-state index in [0.29, 0.717) is 30.1 Å². The summed E-state index contributed by atoms with van der Waals surface area (Å²) >= 11 is 0. The van der Waals surface area contributed by atoms with Crippen LogP contribution in [-0.4, -0.2) is 25.5 Å². The predicted molar refractivity (Wildman–Crippen MR) is 83.2 cm³/mol. The van der Waals surface area contributed by atoms with Crippen molar-refractivity contribution < 1.29 is 14.3 Å². The number of anilines is 2. The molecule has 1 aromatic rings. The summed E-state index contributed by atoms with van der Waals surface area (Å²) in [5.74, 6) is 0.547. The smallest absolute Gasteiger partial charge is 0.224 e. The third-order valence-electron chi connectivity index (χ3n) is 2.99. The molecule has 0 radical (unpaired) electrons. The molecule has 0 bridgehead atoms. The molecule has 0 aliphatic heterocycles. The van der Waals surface area contributed by atoms with Crippen LogP contribution in [0.5, 0.6) is 5.75 Å². The summed E-state index contributed by atoms with van der Waals surface area (Å²) < 4.78 is 5.09. The number of benzene rings is 1. The Kier molecular flexibility index (Phi) is 7.08. The maximum Gasteiger partial charge on any atom is 0.224 e. The fourth-order valence-electron chi connectivity index (χ4n) is 1.84. The van der Waals surface area contributed by atoms with Crippen molar-refractivity contribution in [2.45, 2.75) is 32.6 Å². The zero-order valence-corrected chi connectivity index (χ0v) is 12.6. The van der Waals surface area contributed by atoms with Crippen molar-refractivity contribution in [3.8, 4) is 5.75 Å². The van der Waals surface area contributed by atoms with Gasteiger partial charge in [0.2, 0.25) is 11.8 Å². The van der Waals surface area contributed by atoms with Crippen LogP contribution in [0.2, 0.25) is 0 Å². The Morgan fingerprint density at radius 2 is 2.00 bits per heavy atom. The molecular formula is C15H23N3O3. The minimum Gasteiger partial charge on any atom is -0.497 e. The highest BCUT2D eigenvalue weighted by Gasteiger charge is 2.06. The third-order valence-corrected chi connectivity index (χ3v) is 2.99. The maximum atomic E-state index is 11.8. The minimum absolute atomic E-state index is 0.0266. The molecule has 1 rings (SSSR count). The molecule has 0 aliphatic rings. The Balaban J connectivity index is 2.29. The quantitative estimate of drug-likeness (QED) is 0.504. The van der Waals surface area contributed by atoms with Gasteiger partial charge in [-0.2, -0.15) is 0 Å². The molecule has 1 aromatic carbocycles. The van der Waals surface area contributed by atoms with E-state index in [4.69, 9.17) is 10.5 Å². The van der Waals surface area contributed by atoms with Crippen LogP contribution < -0.4 is 21.1 Å². The van der Waals surface area contributed by atoms with Crippen LogP contribution in [0.25, 0.3) is 0 Å². The average molecular weight is 293 g/mol. The molecule has 0 heterocycles. The topological polar surface area (TPSA) is 93.4 Å². The summed E-state index contributed by atoms with van der Waals surface area (Å²) in [6.45, 7) is 2.14. The van der Waals surface area contributed by atoms with E-state index in [0.717, 1.165) is 19.3 Å². The summed E-state index contributed by atoms with van der Waals surface area (Å²) in [7, 11) is 1.56. The lowest BCUT2D eigenvalue weighted by Crippen LogP contribution is -2.20. The van der Waals surface area contributed by atoms with Crippen molar-refractivity contribution >= 4 is 23.2 Å². The number of methoxy groups -OCH3 is 1. The summed E-state index contributed by atoms with van der Waals surface area (Å²) in [5, 5.41) is 5.50. The highest BCUT2D eigenvalue weighted by molar-refractivity contribution is 5.94.